The highest BCUT2D eigenvalue weighted by Gasteiger charge is 2.12. The minimum atomic E-state index is 0.809. The Hall–Kier alpha value is -0.570. The van der Waals surface area contributed by atoms with Crippen LogP contribution >= 0.6 is 15.9 Å². The molecule has 0 N–H and O–H groups in total. The Morgan fingerprint density at radius 2 is 2.46 bits per heavy atom. The van der Waals surface area contributed by atoms with Gasteiger partial charge in [0.25, 0.3) is 0 Å². The van der Waals surface area contributed by atoms with Gasteiger partial charge in [-0.15, -0.1) is 0 Å². The molecule has 1 aliphatic rings. The predicted octanol–water partition coefficient (Wildman–Crippen LogP) is 2.63. The minimum absolute atomic E-state index is 0.809. The molecule has 1 aliphatic heterocycles. The zero-order chi connectivity index (χ0) is 9.26. The molecule has 0 atom stereocenters. The van der Waals surface area contributed by atoms with Gasteiger partial charge in [-0.3, -0.25) is 0 Å². The predicted molar refractivity (Wildman–Crippen MR) is 58.0 cm³/mol. The molecule has 0 spiro atoms. The molecule has 0 saturated carbocycles. The lowest BCUT2D eigenvalue weighted by Gasteiger charge is -2.11. The fraction of sp³-hybridized carbons (Fsp3) is 0.500. The van der Waals surface area contributed by atoms with Crippen LogP contribution in [0.5, 0.6) is 0 Å². The van der Waals surface area contributed by atoms with E-state index in [2.05, 4.69) is 38.3 Å². The summed E-state index contributed by atoms with van der Waals surface area (Å²) in [5, 5.41) is 0.809. The van der Waals surface area contributed by atoms with Crippen LogP contribution in [0.4, 0.5) is 0 Å². The summed E-state index contributed by atoms with van der Waals surface area (Å²) in [4.78, 5) is 4.55. The summed E-state index contributed by atoms with van der Waals surface area (Å²) in [6.45, 7) is 5.09. The standard InChI is InChI=1S/C10H13BrN2/c1-8(6-11)9-7-13-5-3-2-4-10(13)12-9/h7H,1-6H2. The summed E-state index contributed by atoms with van der Waals surface area (Å²) < 4.78 is 2.26. The van der Waals surface area contributed by atoms with E-state index in [-0.39, 0.29) is 0 Å². The number of allylic oxidation sites excluding steroid dienone is 1. The Kier molecular flexibility index (Phi) is 2.54. The molecule has 1 aromatic heterocycles. The summed E-state index contributed by atoms with van der Waals surface area (Å²) in [7, 11) is 0. The number of aryl methyl sites for hydroxylation is 2. The van der Waals surface area contributed by atoms with E-state index in [1.807, 2.05) is 0 Å². The summed E-state index contributed by atoms with van der Waals surface area (Å²) in [5.41, 5.74) is 2.12. The molecule has 0 saturated heterocycles. The molecule has 3 heteroatoms. The van der Waals surface area contributed by atoms with Gasteiger partial charge >= 0.3 is 0 Å². The van der Waals surface area contributed by atoms with Crippen LogP contribution in [0.25, 0.3) is 5.57 Å². The first-order chi connectivity index (χ1) is 6.31. The summed E-state index contributed by atoms with van der Waals surface area (Å²) in [6, 6.07) is 0. The lowest BCUT2D eigenvalue weighted by Crippen LogP contribution is -2.08. The summed E-state index contributed by atoms with van der Waals surface area (Å²) in [5.74, 6) is 1.23. The van der Waals surface area contributed by atoms with Crippen molar-refractivity contribution < 1.29 is 0 Å². The molecule has 13 heavy (non-hydrogen) atoms. The van der Waals surface area contributed by atoms with Crippen LogP contribution in [0.15, 0.2) is 12.8 Å². The van der Waals surface area contributed by atoms with Crippen molar-refractivity contribution in [2.24, 2.45) is 0 Å². The van der Waals surface area contributed by atoms with Gasteiger partial charge in [0, 0.05) is 24.5 Å². The van der Waals surface area contributed by atoms with Gasteiger partial charge in [0.1, 0.15) is 5.82 Å². The number of hydrogen-bond donors (Lipinski definition) is 0. The molecule has 0 amide bonds. The van der Waals surface area contributed by atoms with Crippen LogP contribution in [0.3, 0.4) is 0 Å². The molecule has 1 aromatic rings. The zero-order valence-corrected chi connectivity index (χ0v) is 9.18. The van der Waals surface area contributed by atoms with E-state index < -0.39 is 0 Å². The van der Waals surface area contributed by atoms with Gasteiger partial charge in [-0.25, -0.2) is 4.98 Å². The van der Waals surface area contributed by atoms with Crippen molar-refractivity contribution in [3.8, 4) is 0 Å². The number of alkyl halides is 1. The maximum atomic E-state index is 4.55. The van der Waals surface area contributed by atoms with Crippen molar-refractivity contribution >= 4 is 21.5 Å². The highest BCUT2D eigenvalue weighted by atomic mass is 79.9. The fourth-order valence-corrected chi connectivity index (χ4v) is 1.94. The van der Waals surface area contributed by atoms with Crippen LogP contribution in [0, 0.1) is 0 Å². The van der Waals surface area contributed by atoms with Gasteiger partial charge in [0.2, 0.25) is 0 Å². The van der Waals surface area contributed by atoms with E-state index in [1.165, 1.54) is 18.7 Å². The van der Waals surface area contributed by atoms with Crippen molar-refractivity contribution in [2.75, 3.05) is 5.33 Å². The van der Waals surface area contributed by atoms with E-state index in [1.54, 1.807) is 0 Å². The molecule has 0 unspecified atom stereocenters. The van der Waals surface area contributed by atoms with E-state index in [0.29, 0.717) is 0 Å². The van der Waals surface area contributed by atoms with E-state index >= 15 is 0 Å². The maximum absolute atomic E-state index is 4.55. The second-order valence-electron chi connectivity index (χ2n) is 3.43. The maximum Gasteiger partial charge on any atom is 0.109 e. The monoisotopic (exact) mass is 240 g/mol. The largest absolute Gasteiger partial charge is 0.334 e. The van der Waals surface area contributed by atoms with Gasteiger partial charge in [0.15, 0.2) is 0 Å². The smallest absolute Gasteiger partial charge is 0.109 e. The molecule has 2 nitrogen and oxygen atoms in total. The summed E-state index contributed by atoms with van der Waals surface area (Å²) in [6.07, 6.45) is 5.80. The SMILES string of the molecule is C=C(CBr)c1cn2c(n1)CCCC2. The van der Waals surface area contributed by atoms with Gasteiger partial charge in [-0.2, -0.15) is 0 Å². The Morgan fingerprint density at radius 1 is 1.62 bits per heavy atom. The number of fused-ring (bicyclic) bond motifs is 1. The van der Waals surface area contributed by atoms with Crippen LogP contribution in [-0.2, 0) is 13.0 Å². The van der Waals surface area contributed by atoms with Crippen molar-refractivity contribution in [1.29, 1.82) is 0 Å². The molecule has 2 rings (SSSR count). The molecule has 0 radical (unpaired) electrons. The van der Waals surface area contributed by atoms with Crippen molar-refractivity contribution in [2.45, 2.75) is 25.8 Å². The average Bonchev–Trinajstić information content (AvgIpc) is 2.59. The van der Waals surface area contributed by atoms with Crippen LogP contribution in [0.2, 0.25) is 0 Å². The van der Waals surface area contributed by atoms with Gasteiger partial charge in [0.05, 0.1) is 5.69 Å². The molecule has 0 aromatic carbocycles. The van der Waals surface area contributed by atoms with Crippen molar-refractivity contribution in [1.82, 2.24) is 9.55 Å². The van der Waals surface area contributed by atoms with Gasteiger partial charge in [-0.1, -0.05) is 22.5 Å². The fourth-order valence-electron chi connectivity index (χ4n) is 1.65. The van der Waals surface area contributed by atoms with Crippen molar-refractivity contribution in [3.63, 3.8) is 0 Å². The topological polar surface area (TPSA) is 17.8 Å². The lowest BCUT2D eigenvalue weighted by molar-refractivity contribution is 0.522. The minimum Gasteiger partial charge on any atom is -0.334 e. The normalized spacial score (nSPS) is 15.5. The number of halogens is 1. The third-order valence-electron chi connectivity index (χ3n) is 2.43. The van der Waals surface area contributed by atoms with E-state index in [4.69, 9.17) is 0 Å². The third-order valence-corrected chi connectivity index (χ3v) is 3.11. The average molecular weight is 241 g/mol. The van der Waals surface area contributed by atoms with E-state index in [0.717, 1.165) is 29.6 Å². The highest BCUT2D eigenvalue weighted by molar-refractivity contribution is 9.09. The first kappa shape index (κ1) is 9.00. The van der Waals surface area contributed by atoms with Gasteiger partial charge < -0.3 is 4.57 Å². The number of imidazole rings is 1. The number of hydrogen-bond acceptors (Lipinski definition) is 1. The molecule has 70 valence electrons. The number of rotatable bonds is 2. The summed E-state index contributed by atoms with van der Waals surface area (Å²) >= 11 is 3.40. The Labute approximate surface area is 86.8 Å². The third kappa shape index (κ3) is 1.70. The lowest BCUT2D eigenvalue weighted by atomic mass is 10.2. The highest BCUT2D eigenvalue weighted by Crippen LogP contribution is 2.19. The van der Waals surface area contributed by atoms with E-state index in [9.17, 15) is 0 Å². The quantitative estimate of drug-likeness (QED) is 0.728. The molecule has 2 heterocycles. The second-order valence-corrected chi connectivity index (χ2v) is 3.99. The Balaban J connectivity index is 2.30. The second kappa shape index (κ2) is 3.66. The molecular formula is C10H13BrN2. The van der Waals surface area contributed by atoms with Crippen LogP contribution < -0.4 is 0 Å². The first-order valence-electron chi connectivity index (χ1n) is 4.61. The molecule has 0 bridgehead atoms. The Bertz CT molecular complexity index is 304. The van der Waals surface area contributed by atoms with Crippen LogP contribution in [-0.4, -0.2) is 14.9 Å². The zero-order valence-electron chi connectivity index (χ0n) is 7.59. The van der Waals surface area contributed by atoms with Crippen molar-refractivity contribution in [3.05, 3.63) is 24.3 Å². The molecular weight excluding hydrogens is 228 g/mol. The number of nitrogens with zero attached hydrogens (tertiary/aromatic N) is 2. The molecule has 0 fully saturated rings. The van der Waals surface area contributed by atoms with Crippen LogP contribution in [0.1, 0.15) is 24.4 Å². The van der Waals surface area contributed by atoms with Gasteiger partial charge in [-0.05, 0) is 18.4 Å². The number of aromatic nitrogens is 2. The first-order valence-corrected chi connectivity index (χ1v) is 5.73. The molecule has 0 aliphatic carbocycles. The Morgan fingerprint density at radius 3 is 3.15 bits per heavy atom.